The molecule has 1 aliphatic heterocycles. The minimum atomic E-state index is -3.79. The molecule has 0 spiro atoms. The molecule has 176 valence electrons. The van der Waals surface area contributed by atoms with E-state index in [1.54, 1.807) is 12.1 Å². The molecule has 5 rings (SSSR count). The Bertz CT molecular complexity index is 1430. The molecule has 3 aromatic rings. The minimum absolute atomic E-state index is 0.0244. The fourth-order valence-electron chi connectivity index (χ4n) is 5.00. The molecule has 2 aromatic carbocycles. The highest BCUT2D eigenvalue weighted by atomic mass is 32.2. The van der Waals surface area contributed by atoms with Gasteiger partial charge in [-0.15, -0.1) is 11.3 Å². The smallest absolute Gasteiger partial charge is 0.264 e. The van der Waals surface area contributed by atoms with E-state index in [0.717, 1.165) is 28.8 Å². The second kappa shape index (κ2) is 7.86. The summed E-state index contributed by atoms with van der Waals surface area (Å²) in [5, 5.41) is 9.17. The molecule has 7 heteroatoms. The number of thiophene rings is 1. The van der Waals surface area contributed by atoms with Crippen LogP contribution in [0, 0.1) is 11.3 Å². The summed E-state index contributed by atoms with van der Waals surface area (Å²) in [6.45, 7) is 9.41. The van der Waals surface area contributed by atoms with Crippen LogP contribution < -0.4 is 9.04 Å². The molecule has 0 radical (unpaired) electrons. The number of benzene rings is 2. The molecule has 0 bridgehead atoms. The maximum absolute atomic E-state index is 13.9. The number of rotatable bonds is 3. The molecule has 5 nitrogen and oxygen atoms in total. The van der Waals surface area contributed by atoms with Gasteiger partial charge in [0.2, 0.25) is 0 Å². The van der Waals surface area contributed by atoms with Gasteiger partial charge >= 0.3 is 0 Å². The molecule has 2 heterocycles. The molecule has 0 amide bonds. The number of hydrogen-bond acceptors (Lipinski definition) is 5. The third kappa shape index (κ3) is 3.70. The summed E-state index contributed by atoms with van der Waals surface area (Å²) < 4.78 is 35.1. The highest BCUT2D eigenvalue weighted by molar-refractivity contribution is 7.92. The standard InChI is InChI=1S/C27H28N2O3S2/c1-26(2)11-12-27(3,4)22-16-20(7-8-21(22)26)34(30,31)29-13-14-32-24-9-5-18(15-23(24)29)25-10-6-19(17-28)33-25/h5-10,15-16H,11-14H2,1-4H3. The van der Waals surface area contributed by atoms with Crippen molar-refractivity contribution in [3.63, 3.8) is 0 Å². The first-order chi connectivity index (χ1) is 16.0. The molecule has 2 aliphatic rings. The predicted octanol–water partition coefficient (Wildman–Crippen LogP) is 6.22. The zero-order chi connectivity index (χ0) is 24.3. The Hall–Kier alpha value is -2.82. The van der Waals surface area contributed by atoms with Crippen LogP contribution in [0.15, 0.2) is 53.4 Å². The van der Waals surface area contributed by atoms with E-state index >= 15 is 0 Å². The molecule has 0 saturated carbocycles. The molecule has 0 saturated heterocycles. The van der Waals surface area contributed by atoms with Gasteiger partial charge in [0.25, 0.3) is 10.0 Å². The Morgan fingerprint density at radius 1 is 0.971 bits per heavy atom. The van der Waals surface area contributed by atoms with Crippen molar-refractivity contribution < 1.29 is 13.2 Å². The van der Waals surface area contributed by atoms with E-state index in [1.807, 2.05) is 36.4 Å². The number of nitrogens with zero attached hydrogens (tertiary/aromatic N) is 2. The zero-order valence-corrected chi connectivity index (χ0v) is 21.5. The van der Waals surface area contributed by atoms with Crippen LogP contribution in [0.2, 0.25) is 0 Å². The molecule has 1 aromatic heterocycles. The molecule has 0 atom stereocenters. The van der Waals surface area contributed by atoms with Crippen LogP contribution >= 0.6 is 11.3 Å². The average molecular weight is 493 g/mol. The summed E-state index contributed by atoms with van der Waals surface area (Å²) in [6.07, 6.45) is 2.10. The summed E-state index contributed by atoms with van der Waals surface area (Å²) >= 11 is 1.39. The number of anilines is 1. The van der Waals surface area contributed by atoms with Crippen LogP contribution in [-0.2, 0) is 20.9 Å². The second-order valence-corrected chi connectivity index (χ2v) is 13.3. The van der Waals surface area contributed by atoms with Gasteiger partial charge in [0.05, 0.1) is 17.1 Å². The van der Waals surface area contributed by atoms with E-state index < -0.39 is 10.0 Å². The molecular weight excluding hydrogens is 464 g/mol. The van der Waals surface area contributed by atoms with Crippen molar-refractivity contribution in [3.8, 4) is 22.3 Å². The van der Waals surface area contributed by atoms with Crippen molar-refractivity contribution in [1.29, 1.82) is 5.26 Å². The van der Waals surface area contributed by atoms with Gasteiger partial charge in [-0.05, 0) is 82.8 Å². The van der Waals surface area contributed by atoms with Crippen molar-refractivity contribution >= 4 is 27.0 Å². The largest absolute Gasteiger partial charge is 0.489 e. The van der Waals surface area contributed by atoms with Crippen LogP contribution in [0.3, 0.4) is 0 Å². The van der Waals surface area contributed by atoms with Crippen molar-refractivity contribution in [1.82, 2.24) is 0 Å². The fourth-order valence-corrected chi connectivity index (χ4v) is 7.28. The van der Waals surface area contributed by atoms with Gasteiger partial charge < -0.3 is 4.74 Å². The van der Waals surface area contributed by atoms with E-state index in [4.69, 9.17) is 4.74 Å². The van der Waals surface area contributed by atoms with Gasteiger partial charge in [0.1, 0.15) is 23.3 Å². The number of sulfonamides is 1. The Labute approximate surface area is 205 Å². The Morgan fingerprint density at radius 2 is 1.71 bits per heavy atom. The number of nitriles is 1. The first-order valence-corrected chi connectivity index (χ1v) is 13.7. The number of fused-ring (bicyclic) bond motifs is 2. The lowest BCUT2D eigenvalue weighted by molar-refractivity contribution is 0.316. The van der Waals surface area contributed by atoms with Crippen molar-refractivity contribution in [2.24, 2.45) is 0 Å². The van der Waals surface area contributed by atoms with E-state index in [1.165, 1.54) is 21.2 Å². The molecule has 1 aliphatic carbocycles. The van der Waals surface area contributed by atoms with Gasteiger partial charge in [-0.3, -0.25) is 4.31 Å². The highest BCUT2D eigenvalue weighted by Crippen LogP contribution is 2.47. The molecule has 0 unspecified atom stereocenters. The van der Waals surface area contributed by atoms with Gasteiger partial charge in [0, 0.05) is 4.88 Å². The lowest BCUT2D eigenvalue weighted by Crippen LogP contribution is -2.38. The summed E-state index contributed by atoms with van der Waals surface area (Å²) in [7, 11) is -3.79. The topological polar surface area (TPSA) is 70.4 Å². The first-order valence-electron chi connectivity index (χ1n) is 11.5. The second-order valence-electron chi connectivity index (χ2n) is 10.4. The minimum Gasteiger partial charge on any atom is -0.489 e. The number of ether oxygens (including phenoxy) is 1. The third-order valence-electron chi connectivity index (χ3n) is 7.19. The zero-order valence-electron chi connectivity index (χ0n) is 19.9. The molecule has 0 N–H and O–H groups in total. The monoisotopic (exact) mass is 492 g/mol. The molecule has 34 heavy (non-hydrogen) atoms. The SMILES string of the molecule is CC1(C)CCC(C)(C)c2cc(S(=O)(=O)N3CCOc4ccc(-c5ccc(C#N)s5)cc43)ccc21. The van der Waals surface area contributed by atoms with Gasteiger partial charge in [-0.1, -0.05) is 33.8 Å². The Kier molecular flexibility index (Phi) is 5.30. The van der Waals surface area contributed by atoms with E-state index in [-0.39, 0.29) is 17.4 Å². The van der Waals surface area contributed by atoms with E-state index in [9.17, 15) is 13.7 Å². The van der Waals surface area contributed by atoms with E-state index in [2.05, 4.69) is 33.8 Å². The summed E-state index contributed by atoms with van der Waals surface area (Å²) in [5.41, 5.74) is 3.70. The van der Waals surface area contributed by atoms with Crippen LogP contribution in [0.1, 0.15) is 56.5 Å². The Balaban J connectivity index is 1.59. The quantitative estimate of drug-likeness (QED) is 0.435. The van der Waals surface area contributed by atoms with Crippen LogP contribution in [0.25, 0.3) is 10.4 Å². The average Bonchev–Trinajstić information content (AvgIpc) is 3.30. The van der Waals surface area contributed by atoms with Crippen LogP contribution in [0.5, 0.6) is 5.75 Å². The molecule has 0 fully saturated rings. The van der Waals surface area contributed by atoms with Gasteiger partial charge in [-0.2, -0.15) is 5.26 Å². The lowest BCUT2D eigenvalue weighted by atomic mass is 9.63. The first kappa shape index (κ1) is 22.9. The van der Waals surface area contributed by atoms with Gasteiger partial charge in [-0.25, -0.2) is 8.42 Å². The summed E-state index contributed by atoms with van der Waals surface area (Å²) in [4.78, 5) is 1.85. The maximum Gasteiger partial charge on any atom is 0.264 e. The number of hydrogen-bond donors (Lipinski definition) is 0. The van der Waals surface area contributed by atoms with Crippen molar-refractivity contribution in [3.05, 3.63) is 64.5 Å². The summed E-state index contributed by atoms with van der Waals surface area (Å²) in [5.74, 6) is 0.551. The molecular formula is C27H28N2O3S2. The summed E-state index contributed by atoms with van der Waals surface area (Å²) in [6, 6.07) is 17.1. The third-order valence-corrected chi connectivity index (χ3v) is 10.0. The van der Waals surface area contributed by atoms with E-state index in [0.29, 0.717) is 27.8 Å². The lowest BCUT2D eigenvalue weighted by Gasteiger charge is -2.42. The van der Waals surface area contributed by atoms with Crippen molar-refractivity contribution in [2.75, 3.05) is 17.5 Å². The fraction of sp³-hybridized carbons (Fsp3) is 0.370. The van der Waals surface area contributed by atoms with Gasteiger partial charge in [0.15, 0.2) is 0 Å². The van der Waals surface area contributed by atoms with Crippen LogP contribution in [-0.4, -0.2) is 21.6 Å². The normalized spacial score (nSPS) is 18.4. The maximum atomic E-state index is 13.9. The predicted molar refractivity (Wildman–Crippen MR) is 136 cm³/mol. The Morgan fingerprint density at radius 3 is 2.41 bits per heavy atom. The van der Waals surface area contributed by atoms with Crippen LogP contribution in [0.4, 0.5) is 5.69 Å². The van der Waals surface area contributed by atoms with Crippen molar-refractivity contribution in [2.45, 2.75) is 56.3 Å². The highest BCUT2D eigenvalue weighted by Gasteiger charge is 2.39.